The molecule has 2 aromatic rings. The van der Waals surface area contributed by atoms with Gasteiger partial charge in [0.1, 0.15) is 5.76 Å². The van der Waals surface area contributed by atoms with E-state index in [1.807, 2.05) is 24.3 Å². The van der Waals surface area contributed by atoms with Crippen LogP contribution in [0.25, 0.3) is 0 Å². The second kappa shape index (κ2) is 10.5. The summed E-state index contributed by atoms with van der Waals surface area (Å²) in [5.41, 5.74) is 2.38. The van der Waals surface area contributed by atoms with Gasteiger partial charge < -0.3 is 19.8 Å². The minimum absolute atomic E-state index is 0.610. The molecule has 0 aliphatic carbocycles. The van der Waals surface area contributed by atoms with Crippen molar-refractivity contribution in [2.45, 2.75) is 40.0 Å². The van der Waals surface area contributed by atoms with Gasteiger partial charge >= 0.3 is 0 Å². The lowest BCUT2D eigenvalue weighted by Crippen LogP contribution is -2.36. The molecule has 0 spiro atoms. The van der Waals surface area contributed by atoms with Crippen LogP contribution < -0.4 is 10.6 Å². The molecule has 5 heteroatoms. The van der Waals surface area contributed by atoms with Crippen LogP contribution in [0.15, 0.2) is 52.1 Å². The predicted molar refractivity (Wildman–Crippen MR) is 96.8 cm³/mol. The van der Waals surface area contributed by atoms with Crippen molar-refractivity contribution in [3.05, 3.63) is 59.5 Å². The summed E-state index contributed by atoms with van der Waals surface area (Å²) in [6.07, 6.45) is 2.70. The van der Waals surface area contributed by atoms with Gasteiger partial charge in [0.15, 0.2) is 5.96 Å². The molecule has 0 saturated heterocycles. The number of ether oxygens (including phenoxy) is 1. The van der Waals surface area contributed by atoms with Gasteiger partial charge in [0.25, 0.3) is 0 Å². The zero-order chi connectivity index (χ0) is 17.0. The number of hydrogen-bond donors (Lipinski definition) is 2. The largest absolute Gasteiger partial charge is 0.467 e. The number of aliphatic imine (C=N–C) groups is 1. The van der Waals surface area contributed by atoms with Crippen LogP contribution in [-0.2, 0) is 24.4 Å². The lowest BCUT2D eigenvalue weighted by atomic mass is 10.1. The smallest absolute Gasteiger partial charge is 0.191 e. The van der Waals surface area contributed by atoms with Crippen LogP contribution in [0.1, 0.15) is 37.2 Å². The van der Waals surface area contributed by atoms with E-state index in [0.29, 0.717) is 19.7 Å². The Morgan fingerprint density at radius 1 is 1.08 bits per heavy atom. The second-order valence-electron chi connectivity index (χ2n) is 5.45. The topological polar surface area (TPSA) is 58.8 Å². The Labute approximate surface area is 144 Å². The highest BCUT2D eigenvalue weighted by Crippen LogP contribution is 2.11. The van der Waals surface area contributed by atoms with E-state index in [9.17, 15) is 0 Å². The first-order valence-electron chi connectivity index (χ1n) is 8.52. The molecular weight excluding hydrogens is 302 g/mol. The molecule has 1 aromatic carbocycles. The minimum atomic E-state index is 0.610. The monoisotopic (exact) mass is 329 g/mol. The van der Waals surface area contributed by atoms with E-state index in [2.05, 4.69) is 41.6 Å². The third kappa shape index (κ3) is 6.08. The van der Waals surface area contributed by atoms with Gasteiger partial charge in [-0.05, 0) is 36.6 Å². The maximum atomic E-state index is 5.67. The summed E-state index contributed by atoms with van der Waals surface area (Å²) in [4.78, 5) is 4.67. The molecule has 130 valence electrons. The average Bonchev–Trinajstić information content (AvgIpc) is 3.12. The van der Waals surface area contributed by atoms with E-state index in [-0.39, 0.29) is 0 Å². The Bertz CT molecular complexity index is 609. The Morgan fingerprint density at radius 3 is 2.62 bits per heavy atom. The van der Waals surface area contributed by atoms with Crippen molar-refractivity contribution >= 4 is 5.96 Å². The van der Waals surface area contributed by atoms with E-state index in [0.717, 1.165) is 31.3 Å². The number of furan rings is 1. The average molecular weight is 329 g/mol. The van der Waals surface area contributed by atoms with Gasteiger partial charge in [-0.1, -0.05) is 31.2 Å². The van der Waals surface area contributed by atoms with Gasteiger partial charge in [0.05, 0.1) is 26.0 Å². The van der Waals surface area contributed by atoms with Crippen LogP contribution in [0.4, 0.5) is 0 Å². The van der Waals surface area contributed by atoms with Gasteiger partial charge in [0, 0.05) is 13.2 Å². The van der Waals surface area contributed by atoms with Gasteiger partial charge in [-0.3, -0.25) is 0 Å². The molecule has 1 aromatic heterocycles. The first-order valence-corrected chi connectivity index (χ1v) is 8.52. The molecule has 24 heavy (non-hydrogen) atoms. The summed E-state index contributed by atoms with van der Waals surface area (Å²) in [6, 6.07) is 12.1. The van der Waals surface area contributed by atoms with Crippen molar-refractivity contribution in [1.82, 2.24) is 10.6 Å². The van der Waals surface area contributed by atoms with Crippen LogP contribution in [-0.4, -0.2) is 19.1 Å². The molecule has 2 rings (SSSR count). The number of hydrogen-bond acceptors (Lipinski definition) is 3. The molecule has 0 atom stereocenters. The van der Waals surface area contributed by atoms with Crippen molar-refractivity contribution in [2.75, 3.05) is 13.2 Å². The summed E-state index contributed by atoms with van der Waals surface area (Å²) < 4.78 is 11.0. The molecule has 0 saturated carbocycles. The molecule has 0 fully saturated rings. The summed E-state index contributed by atoms with van der Waals surface area (Å²) >= 11 is 0. The van der Waals surface area contributed by atoms with Crippen molar-refractivity contribution < 1.29 is 9.15 Å². The molecule has 0 unspecified atom stereocenters. The number of rotatable bonds is 9. The molecule has 5 nitrogen and oxygen atoms in total. The fraction of sp³-hybridized carbons (Fsp3) is 0.421. The van der Waals surface area contributed by atoms with Gasteiger partial charge in [-0.15, -0.1) is 0 Å². The van der Waals surface area contributed by atoms with E-state index in [1.165, 1.54) is 11.1 Å². The Balaban J connectivity index is 1.97. The van der Waals surface area contributed by atoms with Crippen LogP contribution in [0.2, 0.25) is 0 Å². The second-order valence-corrected chi connectivity index (χ2v) is 5.45. The minimum Gasteiger partial charge on any atom is -0.467 e. The molecule has 0 aliphatic rings. The van der Waals surface area contributed by atoms with E-state index in [4.69, 9.17) is 9.15 Å². The maximum absolute atomic E-state index is 5.67. The Morgan fingerprint density at radius 2 is 1.92 bits per heavy atom. The Kier molecular flexibility index (Phi) is 7.90. The molecule has 1 heterocycles. The van der Waals surface area contributed by atoms with Crippen LogP contribution >= 0.6 is 0 Å². The number of nitrogens with zero attached hydrogens (tertiary/aromatic N) is 1. The lowest BCUT2D eigenvalue weighted by Gasteiger charge is -2.12. The van der Waals surface area contributed by atoms with Crippen molar-refractivity contribution in [3.63, 3.8) is 0 Å². The third-order valence-corrected chi connectivity index (χ3v) is 3.49. The summed E-state index contributed by atoms with van der Waals surface area (Å²) in [7, 11) is 0. The quantitative estimate of drug-likeness (QED) is 0.420. The van der Waals surface area contributed by atoms with Gasteiger partial charge in [-0.2, -0.15) is 0 Å². The zero-order valence-electron chi connectivity index (χ0n) is 14.5. The molecule has 0 bridgehead atoms. The fourth-order valence-electron chi connectivity index (χ4n) is 2.27. The predicted octanol–water partition coefficient (Wildman–Crippen LogP) is 3.46. The molecule has 2 N–H and O–H groups in total. The van der Waals surface area contributed by atoms with Crippen LogP contribution in [0, 0.1) is 0 Å². The van der Waals surface area contributed by atoms with Crippen LogP contribution in [0.3, 0.4) is 0 Å². The molecular formula is C19H27N3O2. The summed E-state index contributed by atoms with van der Waals surface area (Å²) in [5, 5.41) is 6.53. The Hall–Kier alpha value is -2.27. The summed E-state index contributed by atoms with van der Waals surface area (Å²) in [5.74, 6) is 1.66. The standard InChI is InChI=1S/C19H27N3O2/c1-3-11-23-15-17-9-6-5-8-16(17)13-21-19(20-4-2)22-14-18-10-7-12-24-18/h5-10,12H,3-4,11,13-15H2,1-2H3,(H2,20,21,22). The van der Waals surface area contributed by atoms with Crippen molar-refractivity contribution in [3.8, 4) is 0 Å². The first kappa shape index (κ1) is 18.1. The zero-order valence-corrected chi connectivity index (χ0v) is 14.5. The normalized spacial score (nSPS) is 11.5. The molecule has 0 radical (unpaired) electrons. The lowest BCUT2D eigenvalue weighted by molar-refractivity contribution is 0.121. The van der Waals surface area contributed by atoms with Crippen molar-refractivity contribution in [2.24, 2.45) is 4.99 Å². The highest BCUT2D eigenvalue weighted by molar-refractivity contribution is 5.79. The molecule has 0 amide bonds. The number of nitrogens with one attached hydrogen (secondary N) is 2. The van der Waals surface area contributed by atoms with Gasteiger partial charge in [-0.25, -0.2) is 4.99 Å². The first-order chi connectivity index (χ1) is 11.8. The highest BCUT2D eigenvalue weighted by Gasteiger charge is 2.03. The number of benzene rings is 1. The van der Waals surface area contributed by atoms with Crippen LogP contribution in [0.5, 0.6) is 0 Å². The number of guanidine groups is 1. The van der Waals surface area contributed by atoms with E-state index < -0.39 is 0 Å². The molecule has 0 aliphatic heterocycles. The maximum Gasteiger partial charge on any atom is 0.191 e. The van der Waals surface area contributed by atoms with E-state index >= 15 is 0 Å². The summed E-state index contributed by atoms with van der Waals surface area (Å²) in [6.45, 7) is 7.62. The fourth-order valence-corrected chi connectivity index (χ4v) is 2.27. The van der Waals surface area contributed by atoms with Gasteiger partial charge in [0.2, 0.25) is 0 Å². The SMILES string of the molecule is CCCOCc1ccccc1CN=C(NCC)NCc1ccco1. The highest BCUT2D eigenvalue weighted by atomic mass is 16.5. The third-order valence-electron chi connectivity index (χ3n) is 3.49. The van der Waals surface area contributed by atoms with Crippen molar-refractivity contribution in [1.29, 1.82) is 0 Å². The van der Waals surface area contributed by atoms with E-state index in [1.54, 1.807) is 6.26 Å².